The summed E-state index contributed by atoms with van der Waals surface area (Å²) < 4.78 is 4.98. The van der Waals surface area contributed by atoms with Crippen LogP contribution in [0.1, 0.15) is 41.3 Å². The molecule has 0 bridgehead atoms. The molecule has 1 aromatic carbocycles. The van der Waals surface area contributed by atoms with Gasteiger partial charge in [0.25, 0.3) is 0 Å². The largest absolute Gasteiger partial charge is 0.462 e. The molecule has 0 aromatic heterocycles. The summed E-state index contributed by atoms with van der Waals surface area (Å²) in [4.78, 5) is 11.6. The van der Waals surface area contributed by atoms with E-state index in [4.69, 9.17) is 16.3 Å². The maximum atomic E-state index is 11.6. The highest BCUT2D eigenvalue weighted by Crippen LogP contribution is 2.28. The van der Waals surface area contributed by atoms with Crippen molar-refractivity contribution in [3.8, 4) is 0 Å². The Kier molecular flexibility index (Phi) is 3.49. The quantitative estimate of drug-likeness (QED) is 0.739. The van der Waals surface area contributed by atoms with Crippen molar-refractivity contribution in [3.05, 3.63) is 33.8 Å². The van der Waals surface area contributed by atoms with E-state index < -0.39 is 0 Å². The number of halogens is 1. The minimum atomic E-state index is -0.319. The zero-order valence-corrected chi connectivity index (χ0v) is 10.1. The van der Waals surface area contributed by atoms with Crippen molar-refractivity contribution in [1.82, 2.24) is 0 Å². The molecule has 86 valence electrons. The molecule has 1 aromatic rings. The first-order chi connectivity index (χ1) is 7.72. The molecule has 2 rings (SSSR count). The fourth-order valence-corrected chi connectivity index (χ4v) is 2.38. The molecule has 0 aliphatic heterocycles. The van der Waals surface area contributed by atoms with Crippen molar-refractivity contribution in [2.45, 2.75) is 32.6 Å². The first kappa shape index (κ1) is 11.5. The molecule has 1 aliphatic rings. The van der Waals surface area contributed by atoms with Gasteiger partial charge < -0.3 is 4.74 Å². The second kappa shape index (κ2) is 4.88. The van der Waals surface area contributed by atoms with Crippen LogP contribution in [0.2, 0.25) is 5.02 Å². The van der Waals surface area contributed by atoms with Gasteiger partial charge in [-0.2, -0.15) is 0 Å². The number of carbonyl (C=O) groups excluding carboxylic acids is 1. The third kappa shape index (κ3) is 2.22. The van der Waals surface area contributed by atoms with Gasteiger partial charge in [0.2, 0.25) is 0 Å². The maximum Gasteiger partial charge on any atom is 0.339 e. The van der Waals surface area contributed by atoms with E-state index in [2.05, 4.69) is 0 Å². The smallest absolute Gasteiger partial charge is 0.339 e. The van der Waals surface area contributed by atoms with Gasteiger partial charge in [-0.05, 0) is 55.9 Å². The number of fused-ring (bicyclic) bond motifs is 1. The Hall–Kier alpha value is -1.02. The third-order valence-electron chi connectivity index (χ3n) is 2.93. The van der Waals surface area contributed by atoms with Gasteiger partial charge in [0, 0.05) is 0 Å². The number of aryl methyl sites for hydroxylation is 2. The van der Waals surface area contributed by atoms with Crippen molar-refractivity contribution >= 4 is 17.6 Å². The van der Waals surface area contributed by atoms with E-state index in [0.29, 0.717) is 17.2 Å². The number of benzene rings is 1. The summed E-state index contributed by atoms with van der Waals surface area (Å²) in [5.74, 6) is -0.319. The van der Waals surface area contributed by atoms with Crippen LogP contribution in [0.5, 0.6) is 0 Å². The number of hydrogen-bond donors (Lipinski definition) is 0. The van der Waals surface area contributed by atoms with Crippen LogP contribution in [0.3, 0.4) is 0 Å². The topological polar surface area (TPSA) is 26.3 Å². The van der Waals surface area contributed by atoms with Crippen molar-refractivity contribution in [3.63, 3.8) is 0 Å². The zero-order chi connectivity index (χ0) is 11.5. The molecule has 1 aliphatic carbocycles. The number of hydrogen-bond acceptors (Lipinski definition) is 2. The van der Waals surface area contributed by atoms with Crippen molar-refractivity contribution in [2.75, 3.05) is 6.61 Å². The summed E-state index contributed by atoms with van der Waals surface area (Å²) in [6, 6.07) is 3.82. The molecule has 0 unspecified atom stereocenters. The molecule has 0 radical (unpaired) electrons. The van der Waals surface area contributed by atoms with E-state index in [1.807, 2.05) is 12.1 Å². The molecule has 0 spiro atoms. The molecule has 0 saturated carbocycles. The summed E-state index contributed by atoms with van der Waals surface area (Å²) in [6.07, 6.45) is 4.51. The van der Waals surface area contributed by atoms with Crippen LogP contribution < -0.4 is 0 Å². The molecular weight excluding hydrogens is 224 g/mol. The van der Waals surface area contributed by atoms with Gasteiger partial charge >= 0.3 is 5.97 Å². The molecule has 0 heterocycles. The van der Waals surface area contributed by atoms with E-state index in [1.165, 1.54) is 24.0 Å². The SMILES string of the molecule is CCOC(=O)c1cc2c(cc1Cl)CCCC2. The Labute approximate surface area is 101 Å². The highest BCUT2D eigenvalue weighted by atomic mass is 35.5. The van der Waals surface area contributed by atoms with Crippen molar-refractivity contribution < 1.29 is 9.53 Å². The van der Waals surface area contributed by atoms with E-state index in [1.54, 1.807) is 6.92 Å². The molecular formula is C13H15ClO2. The second-order valence-corrected chi connectivity index (χ2v) is 4.44. The Morgan fingerprint density at radius 2 is 1.94 bits per heavy atom. The average molecular weight is 239 g/mol. The first-order valence-electron chi connectivity index (χ1n) is 5.70. The minimum Gasteiger partial charge on any atom is -0.462 e. The Morgan fingerprint density at radius 1 is 1.31 bits per heavy atom. The van der Waals surface area contributed by atoms with Crippen molar-refractivity contribution in [1.29, 1.82) is 0 Å². The summed E-state index contributed by atoms with van der Waals surface area (Å²) in [7, 11) is 0. The van der Waals surface area contributed by atoms with Crippen molar-refractivity contribution in [2.24, 2.45) is 0 Å². The van der Waals surface area contributed by atoms with E-state index in [-0.39, 0.29) is 5.97 Å². The number of esters is 1. The van der Waals surface area contributed by atoms with Gasteiger partial charge in [0.05, 0.1) is 17.2 Å². The molecule has 0 fully saturated rings. The summed E-state index contributed by atoms with van der Waals surface area (Å²) in [6.45, 7) is 2.18. The van der Waals surface area contributed by atoms with Gasteiger partial charge in [-0.15, -0.1) is 0 Å². The lowest BCUT2D eigenvalue weighted by Gasteiger charge is -2.17. The molecule has 0 atom stereocenters. The highest BCUT2D eigenvalue weighted by Gasteiger charge is 2.17. The summed E-state index contributed by atoms with van der Waals surface area (Å²) in [5, 5.41) is 0.513. The number of ether oxygens (including phenoxy) is 1. The number of rotatable bonds is 2. The maximum absolute atomic E-state index is 11.6. The van der Waals surface area contributed by atoms with Gasteiger partial charge in [-0.3, -0.25) is 0 Å². The third-order valence-corrected chi connectivity index (χ3v) is 3.24. The molecule has 0 saturated heterocycles. The van der Waals surface area contributed by atoms with Crippen LogP contribution in [0.4, 0.5) is 0 Å². The van der Waals surface area contributed by atoms with Crippen LogP contribution in [0.15, 0.2) is 12.1 Å². The normalized spacial score (nSPS) is 14.4. The van der Waals surface area contributed by atoms with Crippen LogP contribution in [0, 0.1) is 0 Å². The molecule has 16 heavy (non-hydrogen) atoms. The molecule has 0 N–H and O–H groups in total. The van der Waals surface area contributed by atoms with Crippen LogP contribution in [-0.4, -0.2) is 12.6 Å². The molecule has 2 nitrogen and oxygen atoms in total. The lowest BCUT2D eigenvalue weighted by atomic mass is 9.90. The standard InChI is InChI=1S/C13H15ClO2/c1-2-16-13(15)11-7-9-5-3-4-6-10(9)8-12(11)14/h7-8H,2-6H2,1H3. The van der Waals surface area contributed by atoms with Crippen LogP contribution >= 0.6 is 11.6 Å². The van der Waals surface area contributed by atoms with Gasteiger partial charge in [0.15, 0.2) is 0 Å². The number of carbonyl (C=O) groups is 1. The lowest BCUT2D eigenvalue weighted by Crippen LogP contribution is -2.09. The molecule has 0 amide bonds. The van der Waals surface area contributed by atoms with Gasteiger partial charge in [0.1, 0.15) is 0 Å². The summed E-state index contributed by atoms with van der Waals surface area (Å²) >= 11 is 6.09. The fourth-order valence-electron chi connectivity index (χ4n) is 2.12. The summed E-state index contributed by atoms with van der Waals surface area (Å²) in [5.41, 5.74) is 3.03. The van der Waals surface area contributed by atoms with E-state index in [0.717, 1.165) is 12.8 Å². The monoisotopic (exact) mass is 238 g/mol. The lowest BCUT2D eigenvalue weighted by molar-refractivity contribution is 0.0526. The zero-order valence-electron chi connectivity index (χ0n) is 9.38. The van der Waals surface area contributed by atoms with E-state index in [9.17, 15) is 4.79 Å². The highest BCUT2D eigenvalue weighted by molar-refractivity contribution is 6.33. The van der Waals surface area contributed by atoms with Gasteiger partial charge in [-0.1, -0.05) is 11.6 Å². The Bertz CT molecular complexity index is 413. The minimum absolute atomic E-state index is 0.319. The predicted octanol–water partition coefficient (Wildman–Crippen LogP) is 3.40. The molecule has 3 heteroatoms. The van der Waals surface area contributed by atoms with Crippen LogP contribution in [-0.2, 0) is 17.6 Å². The first-order valence-corrected chi connectivity index (χ1v) is 6.08. The Morgan fingerprint density at radius 3 is 2.56 bits per heavy atom. The van der Waals surface area contributed by atoms with E-state index >= 15 is 0 Å². The van der Waals surface area contributed by atoms with Gasteiger partial charge in [-0.25, -0.2) is 4.79 Å². The predicted molar refractivity (Wildman–Crippen MR) is 64.1 cm³/mol. The Balaban J connectivity index is 2.35. The fraction of sp³-hybridized carbons (Fsp3) is 0.462. The average Bonchev–Trinajstić information content (AvgIpc) is 2.28. The second-order valence-electron chi connectivity index (χ2n) is 4.03. The van der Waals surface area contributed by atoms with Crippen LogP contribution in [0.25, 0.3) is 0 Å².